The third kappa shape index (κ3) is 5.57. The summed E-state index contributed by atoms with van der Waals surface area (Å²) in [5.74, 6) is -7.83. The van der Waals surface area contributed by atoms with Gasteiger partial charge in [-0.05, 0) is 62.6 Å². The van der Waals surface area contributed by atoms with Crippen LogP contribution in [0, 0.1) is 29.3 Å². The summed E-state index contributed by atoms with van der Waals surface area (Å²) in [4.78, 5) is 25.2. The minimum atomic E-state index is -4.18. The topological polar surface area (TPSA) is 153 Å². The van der Waals surface area contributed by atoms with Gasteiger partial charge in [0.15, 0.2) is 27.3 Å². The first-order valence-corrected chi connectivity index (χ1v) is 14.4. The molecule has 0 aromatic heterocycles. The van der Waals surface area contributed by atoms with Crippen LogP contribution in [0.15, 0.2) is 35.2 Å². The van der Waals surface area contributed by atoms with E-state index in [1.165, 1.54) is 19.1 Å². The van der Waals surface area contributed by atoms with E-state index in [-0.39, 0.29) is 40.6 Å². The van der Waals surface area contributed by atoms with Gasteiger partial charge in [0.2, 0.25) is 0 Å². The number of sulfone groups is 1. The van der Waals surface area contributed by atoms with E-state index < -0.39 is 74.0 Å². The van der Waals surface area contributed by atoms with Crippen LogP contribution in [0.3, 0.4) is 0 Å². The summed E-state index contributed by atoms with van der Waals surface area (Å²) in [5, 5.41) is 33.9. The number of aliphatic hydroxyl groups excluding tert-OH is 2. The number of halogens is 4. The van der Waals surface area contributed by atoms with Crippen molar-refractivity contribution in [3.63, 3.8) is 0 Å². The summed E-state index contributed by atoms with van der Waals surface area (Å²) in [7, 11) is -4.18. The van der Waals surface area contributed by atoms with Crippen molar-refractivity contribution in [1.82, 2.24) is 5.32 Å². The molecule has 2 fully saturated rings. The van der Waals surface area contributed by atoms with Gasteiger partial charge in [0.25, 0.3) is 11.8 Å². The Morgan fingerprint density at radius 2 is 1.65 bits per heavy atom. The molecule has 4 rings (SSSR count). The maximum atomic E-state index is 13.7. The summed E-state index contributed by atoms with van der Waals surface area (Å²) >= 11 is 6.21. The Kier molecular flexibility index (Phi) is 8.53. The smallest absolute Gasteiger partial charge is 0.255 e. The van der Waals surface area contributed by atoms with E-state index in [4.69, 9.17) is 11.6 Å². The number of rotatable bonds is 8. The minimum Gasteiger partial charge on any atom is -0.391 e. The van der Waals surface area contributed by atoms with Crippen LogP contribution in [-0.4, -0.2) is 65.2 Å². The first kappa shape index (κ1) is 30.3. The molecule has 2 aromatic rings. The molecular weight excluding hydrogens is 577 g/mol. The quantitative estimate of drug-likeness (QED) is 0.290. The van der Waals surface area contributed by atoms with E-state index in [1.807, 2.05) is 0 Å². The van der Waals surface area contributed by atoms with Crippen molar-refractivity contribution in [2.45, 2.75) is 60.6 Å². The molecule has 2 aliphatic carbocycles. The fraction of sp³-hybridized carbons (Fsp3) is 0.462. The van der Waals surface area contributed by atoms with E-state index in [1.54, 1.807) is 0 Å². The molecule has 2 bridgehead atoms. The SMILES string of the molecule is CC(O)C(O)CNC(=O)C1(O)C2CCC1CC(S(=O)(=O)c1cc(C(=O)Nc3cc(F)c(F)c(F)c3)ccc1Cl)C2. The van der Waals surface area contributed by atoms with Gasteiger partial charge in [0.1, 0.15) is 5.60 Å². The van der Waals surface area contributed by atoms with Crippen LogP contribution in [0.25, 0.3) is 0 Å². The van der Waals surface area contributed by atoms with Crippen LogP contribution in [0.1, 0.15) is 43.0 Å². The summed E-state index contributed by atoms with van der Waals surface area (Å²) in [6.07, 6.45) is -1.70. The number of amides is 2. The Morgan fingerprint density at radius 3 is 2.20 bits per heavy atom. The van der Waals surface area contributed by atoms with Crippen molar-refractivity contribution in [1.29, 1.82) is 0 Å². The third-order valence-corrected chi connectivity index (χ3v) is 10.4. The zero-order valence-corrected chi connectivity index (χ0v) is 22.8. The molecule has 5 N–H and O–H groups in total. The lowest BCUT2D eigenvalue weighted by Gasteiger charge is -2.41. The predicted molar refractivity (Wildman–Crippen MR) is 138 cm³/mol. The van der Waals surface area contributed by atoms with Crippen molar-refractivity contribution in [3.05, 3.63) is 58.4 Å². The van der Waals surface area contributed by atoms with Gasteiger partial charge in [-0.3, -0.25) is 9.59 Å². The first-order valence-electron chi connectivity index (χ1n) is 12.5. The summed E-state index contributed by atoms with van der Waals surface area (Å²) in [6.45, 7) is 1.05. The number of hydrogen-bond acceptors (Lipinski definition) is 7. The second-order valence-electron chi connectivity index (χ2n) is 10.3. The number of carbonyl (C=O) groups excluding carboxylic acids is 2. The largest absolute Gasteiger partial charge is 0.391 e. The van der Waals surface area contributed by atoms with E-state index >= 15 is 0 Å². The lowest BCUT2D eigenvalue weighted by atomic mass is 9.73. The maximum absolute atomic E-state index is 13.7. The van der Waals surface area contributed by atoms with Crippen molar-refractivity contribution in [3.8, 4) is 0 Å². The molecule has 0 radical (unpaired) electrons. The van der Waals surface area contributed by atoms with Crippen LogP contribution in [-0.2, 0) is 14.6 Å². The molecule has 4 unspecified atom stereocenters. The molecule has 0 saturated heterocycles. The average Bonchev–Trinajstić information content (AvgIpc) is 3.05. The van der Waals surface area contributed by atoms with Crippen molar-refractivity contribution < 1.29 is 46.5 Å². The Bertz CT molecular complexity index is 1400. The molecule has 40 heavy (non-hydrogen) atoms. The molecular formula is C26H28ClF3N2O7S. The van der Waals surface area contributed by atoms with Crippen LogP contribution in [0.2, 0.25) is 5.02 Å². The highest BCUT2D eigenvalue weighted by Gasteiger charge is 2.59. The highest BCUT2D eigenvalue weighted by Crippen LogP contribution is 2.52. The number of aliphatic hydroxyl groups is 3. The van der Waals surface area contributed by atoms with Crippen molar-refractivity contribution in [2.24, 2.45) is 11.8 Å². The average molecular weight is 605 g/mol. The number of anilines is 1. The molecule has 218 valence electrons. The van der Waals surface area contributed by atoms with Gasteiger partial charge in [-0.1, -0.05) is 11.6 Å². The normalized spacial score (nSPS) is 25.8. The van der Waals surface area contributed by atoms with E-state index in [0.717, 1.165) is 6.07 Å². The molecule has 2 aliphatic rings. The third-order valence-electron chi connectivity index (χ3n) is 7.78. The Labute approximate surface area is 233 Å². The highest BCUT2D eigenvalue weighted by molar-refractivity contribution is 7.92. The van der Waals surface area contributed by atoms with Crippen LogP contribution < -0.4 is 10.6 Å². The molecule has 2 aromatic carbocycles. The molecule has 0 heterocycles. The number of benzene rings is 2. The Hall–Kier alpha value is -2.71. The van der Waals surface area contributed by atoms with E-state index in [2.05, 4.69) is 10.6 Å². The molecule has 0 spiro atoms. The fourth-order valence-electron chi connectivity index (χ4n) is 5.51. The number of carbonyl (C=O) groups is 2. The van der Waals surface area contributed by atoms with Crippen LogP contribution >= 0.6 is 11.6 Å². The van der Waals surface area contributed by atoms with Crippen molar-refractivity contribution >= 4 is 38.9 Å². The van der Waals surface area contributed by atoms with Gasteiger partial charge in [-0.15, -0.1) is 0 Å². The number of fused-ring (bicyclic) bond motifs is 2. The van der Waals surface area contributed by atoms with E-state index in [0.29, 0.717) is 25.0 Å². The summed E-state index contributed by atoms with van der Waals surface area (Å²) < 4.78 is 67.6. The first-order chi connectivity index (χ1) is 18.7. The second-order valence-corrected chi connectivity index (χ2v) is 12.9. The molecule has 4 atom stereocenters. The summed E-state index contributed by atoms with van der Waals surface area (Å²) in [6, 6.07) is 4.57. The Morgan fingerprint density at radius 1 is 1.07 bits per heavy atom. The molecule has 0 aliphatic heterocycles. The van der Waals surface area contributed by atoms with Gasteiger partial charge in [0.05, 0.1) is 27.4 Å². The van der Waals surface area contributed by atoms with Gasteiger partial charge >= 0.3 is 0 Å². The fourth-order valence-corrected chi connectivity index (χ4v) is 7.91. The van der Waals surface area contributed by atoms with Gasteiger partial charge < -0.3 is 26.0 Å². The van der Waals surface area contributed by atoms with Crippen molar-refractivity contribution in [2.75, 3.05) is 11.9 Å². The lowest BCUT2D eigenvalue weighted by molar-refractivity contribution is -0.153. The number of hydrogen-bond donors (Lipinski definition) is 5. The lowest BCUT2D eigenvalue weighted by Crippen LogP contribution is -2.58. The highest BCUT2D eigenvalue weighted by atomic mass is 35.5. The van der Waals surface area contributed by atoms with Gasteiger partial charge in [0, 0.05) is 29.9 Å². The van der Waals surface area contributed by atoms with E-state index in [9.17, 15) is 46.5 Å². The molecule has 9 nitrogen and oxygen atoms in total. The predicted octanol–water partition coefficient (Wildman–Crippen LogP) is 2.56. The Balaban J connectivity index is 1.53. The minimum absolute atomic E-state index is 0.0669. The summed E-state index contributed by atoms with van der Waals surface area (Å²) in [5.41, 5.74) is -2.43. The zero-order valence-electron chi connectivity index (χ0n) is 21.2. The molecule has 2 saturated carbocycles. The van der Waals surface area contributed by atoms with Gasteiger partial charge in [-0.25, -0.2) is 21.6 Å². The molecule has 14 heteroatoms. The van der Waals surface area contributed by atoms with Crippen LogP contribution in [0.5, 0.6) is 0 Å². The van der Waals surface area contributed by atoms with Crippen LogP contribution in [0.4, 0.5) is 18.9 Å². The van der Waals surface area contributed by atoms with Gasteiger partial charge in [-0.2, -0.15) is 0 Å². The zero-order chi connectivity index (χ0) is 29.6. The number of nitrogens with one attached hydrogen (secondary N) is 2. The molecule has 2 amide bonds. The standard InChI is InChI=1S/C26H28ClF3N2O7S/c1-12(33)21(34)11-31-25(36)26(37)14-3-4-15(26)8-17(7-14)40(38,39)22-6-13(2-5-18(22)27)24(35)32-16-9-19(28)23(30)20(29)10-16/h2,5-6,9-10,12,14-15,17,21,33-34,37H,3-4,7-8,11H2,1H3,(H,31,36)(H,32,35). The second kappa shape index (κ2) is 11.3. The monoisotopic (exact) mass is 604 g/mol. The maximum Gasteiger partial charge on any atom is 0.255 e.